The van der Waals surface area contributed by atoms with Crippen LogP contribution in [-0.4, -0.2) is 21.8 Å². The minimum absolute atomic E-state index is 0.0528. The lowest BCUT2D eigenvalue weighted by atomic mass is 10.2. The average Bonchev–Trinajstić information content (AvgIpc) is 3.27. The molecule has 6 nitrogen and oxygen atoms in total. The van der Waals surface area contributed by atoms with Gasteiger partial charge in [-0.3, -0.25) is 9.59 Å². The van der Waals surface area contributed by atoms with Gasteiger partial charge in [0, 0.05) is 22.9 Å². The molecule has 2 aromatic carbocycles. The number of fused-ring (bicyclic) bond motifs is 1. The van der Waals surface area contributed by atoms with Crippen LogP contribution in [0.2, 0.25) is 0 Å². The Morgan fingerprint density at radius 2 is 1.79 bits per heavy atom. The van der Waals surface area contributed by atoms with Gasteiger partial charge in [-0.2, -0.15) is 0 Å². The van der Waals surface area contributed by atoms with Crippen LogP contribution in [0, 0.1) is 5.92 Å². The molecule has 2 aromatic heterocycles. The third kappa shape index (κ3) is 3.77. The summed E-state index contributed by atoms with van der Waals surface area (Å²) >= 11 is 1.62. The fraction of sp³-hybridized carbons (Fsp3) is 0.136. The second-order valence-corrected chi connectivity index (χ2v) is 8.04. The van der Waals surface area contributed by atoms with E-state index >= 15 is 0 Å². The number of carbonyl (C=O) groups excluding carboxylic acids is 2. The molecule has 2 heterocycles. The number of nitrogens with one attached hydrogen (secondary N) is 3. The zero-order valence-corrected chi connectivity index (χ0v) is 16.3. The molecule has 5 rings (SSSR count). The summed E-state index contributed by atoms with van der Waals surface area (Å²) in [5.41, 5.74) is 3.64. The molecule has 1 fully saturated rings. The van der Waals surface area contributed by atoms with Gasteiger partial charge >= 0.3 is 0 Å². The molecule has 0 spiro atoms. The lowest BCUT2D eigenvalue weighted by Gasteiger charge is -2.07. The van der Waals surface area contributed by atoms with Crippen molar-refractivity contribution in [1.82, 2.24) is 9.97 Å². The highest BCUT2D eigenvalue weighted by Crippen LogP contribution is 2.30. The van der Waals surface area contributed by atoms with Gasteiger partial charge in [-0.1, -0.05) is 6.07 Å². The first kappa shape index (κ1) is 17.6. The zero-order chi connectivity index (χ0) is 19.8. The summed E-state index contributed by atoms with van der Waals surface area (Å²) in [7, 11) is 0. The molecule has 7 heteroatoms. The number of hydrogen-bond acceptors (Lipinski definition) is 4. The Kier molecular flexibility index (Phi) is 4.37. The Balaban J connectivity index is 1.29. The van der Waals surface area contributed by atoms with Crippen molar-refractivity contribution >= 4 is 45.6 Å². The molecule has 0 atom stereocenters. The van der Waals surface area contributed by atoms with E-state index < -0.39 is 0 Å². The zero-order valence-electron chi connectivity index (χ0n) is 15.4. The van der Waals surface area contributed by atoms with Gasteiger partial charge in [0.25, 0.3) is 5.91 Å². The summed E-state index contributed by atoms with van der Waals surface area (Å²) in [6, 6.07) is 16.5. The normalized spacial score (nSPS) is 13.4. The third-order valence-electron chi connectivity index (χ3n) is 4.86. The lowest BCUT2D eigenvalue weighted by Crippen LogP contribution is -2.14. The molecule has 29 heavy (non-hydrogen) atoms. The molecule has 1 aliphatic rings. The number of rotatable bonds is 5. The van der Waals surface area contributed by atoms with Crippen molar-refractivity contribution in [2.45, 2.75) is 12.8 Å². The van der Waals surface area contributed by atoms with Gasteiger partial charge in [-0.15, -0.1) is 11.3 Å². The summed E-state index contributed by atoms with van der Waals surface area (Å²) < 4.78 is 0. The summed E-state index contributed by atoms with van der Waals surface area (Å²) in [4.78, 5) is 33.4. The minimum atomic E-state index is -0.206. The number of aromatic amines is 1. The number of nitrogens with zero attached hydrogens (tertiary/aromatic N) is 1. The second kappa shape index (κ2) is 7.18. The summed E-state index contributed by atoms with van der Waals surface area (Å²) in [6.45, 7) is 0. The first-order valence-electron chi connectivity index (χ1n) is 9.42. The molecule has 1 aliphatic carbocycles. The molecule has 0 radical (unpaired) electrons. The van der Waals surface area contributed by atoms with Crippen molar-refractivity contribution in [3.8, 4) is 10.7 Å². The number of anilines is 2. The molecule has 144 valence electrons. The van der Waals surface area contributed by atoms with Crippen LogP contribution < -0.4 is 10.6 Å². The highest BCUT2D eigenvalue weighted by Gasteiger charge is 2.29. The molecule has 2 amide bonds. The Morgan fingerprint density at radius 1 is 1.00 bits per heavy atom. The van der Waals surface area contributed by atoms with Crippen LogP contribution in [0.1, 0.15) is 23.2 Å². The predicted molar refractivity (Wildman–Crippen MR) is 115 cm³/mol. The molecule has 4 aromatic rings. The van der Waals surface area contributed by atoms with Gasteiger partial charge in [0.1, 0.15) is 5.82 Å². The molecule has 3 N–H and O–H groups in total. The van der Waals surface area contributed by atoms with Crippen LogP contribution >= 0.6 is 11.3 Å². The van der Waals surface area contributed by atoms with Crippen LogP contribution in [0.15, 0.2) is 60.0 Å². The van der Waals surface area contributed by atoms with Crippen molar-refractivity contribution in [1.29, 1.82) is 0 Å². The van der Waals surface area contributed by atoms with Crippen LogP contribution in [0.3, 0.4) is 0 Å². The van der Waals surface area contributed by atoms with Crippen LogP contribution in [-0.2, 0) is 4.79 Å². The molecular formula is C22H18N4O2S. The van der Waals surface area contributed by atoms with E-state index in [9.17, 15) is 9.59 Å². The van der Waals surface area contributed by atoms with Crippen molar-refractivity contribution < 1.29 is 9.59 Å². The second-order valence-electron chi connectivity index (χ2n) is 7.09. The number of thiophene rings is 1. The maximum Gasteiger partial charge on any atom is 0.255 e. The van der Waals surface area contributed by atoms with Gasteiger partial charge < -0.3 is 15.6 Å². The van der Waals surface area contributed by atoms with Crippen molar-refractivity contribution in [3.63, 3.8) is 0 Å². The predicted octanol–water partition coefficient (Wildman–Crippen LogP) is 4.89. The van der Waals surface area contributed by atoms with Crippen LogP contribution in [0.4, 0.5) is 11.4 Å². The maximum atomic E-state index is 12.6. The number of amides is 2. The number of H-pyrrole nitrogens is 1. The van der Waals surface area contributed by atoms with E-state index in [1.165, 1.54) is 0 Å². The molecule has 0 aliphatic heterocycles. The number of carbonyl (C=O) groups is 2. The first-order chi connectivity index (χ1) is 14.2. The molecule has 0 bridgehead atoms. The van der Waals surface area contributed by atoms with Crippen molar-refractivity contribution in [2.75, 3.05) is 10.6 Å². The Morgan fingerprint density at radius 3 is 2.52 bits per heavy atom. The first-order valence-corrected chi connectivity index (χ1v) is 10.3. The van der Waals surface area contributed by atoms with E-state index in [0.29, 0.717) is 16.9 Å². The van der Waals surface area contributed by atoms with Crippen molar-refractivity contribution in [2.24, 2.45) is 5.92 Å². The van der Waals surface area contributed by atoms with Crippen LogP contribution in [0.5, 0.6) is 0 Å². The largest absolute Gasteiger partial charge is 0.337 e. The molecule has 1 saturated carbocycles. The smallest absolute Gasteiger partial charge is 0.255 e. The fourth-order valence-corrected chi connectivity index (χ4v) is 3.78. The number of benzene rings is 2. The van der Waals surface area contributed by atoms with Crippen LogP contribution in [0.25, 0.3) is 21.7 Å². The number of hydrogen-bond donors (Lipinski definition) is 3. The summed E-state index contributed by atoms with van der Waals surface area (Å²) in [5, 5.41) is 7.79. The Labute approximate surface area is 171 Å². The van der Waals surface area contributed by atoms with Gasteiger partial charge in [-0.25, -0.2) is 4.98 Å². The molecule has 0 unspecified atom stereocenters. The quantitative estimate of drug-likeness (QED) is 0.444. The molecule has 0 saturated heterocycles. The highest BCUT2D eigenvalue weighted by molar-refractivity contribution is 7.13. The highest BCUT2D eigenvalue weighted by atomic mass is 32.1. The van der Waals surface area contributed by atoms with Gasteiger partial charge in [0.15, 0.2) is 0 Å². The van der Waals surface area contributed by atoms with E-state index in [1.54, 1.807) is 35.6 Å². The fourth-order valence-electron chi connectivity index (χ4n) is 3.12. The third-order valence-corrected chi connectivity index (χ3v) is 5.73. The van der Waals surface area contributed by atoms with Gasteiger partial charge in [-0.05, 0) is 66.8 Å². The van der Waals surface area contributed by atoms with E-state index in [1.807, 2.05) is 35.7 Å². The van der Waals surface area contributed by atoms with Gasteiger partial charge in [0.2, 0.25) is 5.91 Å². The lowest BCUT2D eigenvalue weighted by molar-refractivity contribution is -0.117. The van der Waals surface area contributed by atoms with E-state index in [-0.39, 0.29) is 17.7 Å². The van der Waals surface area contributed by atoms with Gasteiger partial charge in [0.05, 0.1) is 15.9 Å². The average molecular weight is 402 g/mol. The maximum absolute atomic E-state index is 12.6. The minimum Gasteiger partial charge on any atom is -0.337 e. The SMILES string of the molecule is O=C(Nc1ccc2nc(-c3cccs3)[nH]c2c1)c1ccc(NC(=O)C2CC2)cc1. The van der Waals surface area contributed by atoms with E-state index in [4.69, 9.17) is 0 Å². The number of imidazole rings is 1. The summed E-state index contributed by atoms with van der Waals surface area (Å²) in [6.07, 6.45) is 1.92. The van der Waals surface area contributed by atoms with Crippen molar-refractivity contribution in [3.05, 3.63) is 65.5 Å². The Hall–Kier alpha value is -3.45. The Bertz CT molecular complexity index is 1190. The topological polar surface area (TPSA) is 86.9 Å². The molecular weight excluding hydrogens is 384 g/mol. The van der Waals surface area contributed by atoms with E-state index in [2.05, 4.69) is 20.6 Å². The monoisotopic (exact) mass is 402 g/mol. The standard InChI is InChI=1S/C22H18N4O2S/c27-21(13-3-4-13)23-15-7-5-14(6-8-15)22(28)24-16-9-10-17-18(12-16)26-20(25-17)19-2-1-11-29-19/h1-2,5-13H,3-4H2,(H,23,27)(H,24,28)(H,25,26). The number of aromatic nitrogens is 2. The van der Waals surface area contributed by atoms with E-state index in [0.717, 1.165) is 34.6 Å². The summed E-state index contributed by atoms with van der Waals surface area (Å²) in [5.74, 6) is 0.817.